The third-order valence-corrected chi connectivity index (χ3v) is 6.03. The number of hydrogen-bond donors (Lipinski definition) is 2. The van der Waals surface area contributed by atoms with Gasteiger partial charge in [-0.25, -0.2) is 4.79 Å². The van der Waals surface area contributed by atoms with E-state index in [-0.39, 0.29) is 0 Å². The minimum absolute atomic E-state index is 0.400. The topological polar surface area (TPSA) is 112 Å². The van der Waals surface area contributed by atoms with Crippen LogP contribution in [0.4, 0.5) is 0 Å². The van der Waals surface area contributed by atoms with E-state index in [0.717, 1.165) is 20.2 Å². The number of carbonyl (C=O) groups excluding carboxylic acids is 1. The molecule has 0 spiro atoms. The normalized spacial score (nSPS) is 19.6. The summed E-state index contributed by atoms with van der Waals surface area (Å²) >= 11 is 0.611. The molecule has 0 aromatic heterocycles. The van der Waals surface area contributed by atoms with Gasteiger partial charge in [0.1, 0.15) is 6.10 Å². The van der Waals surface area contributed by atoms with Crippen molar-refractivity contribution in [2.75, 3.05) is 20.2 Å². The van der Waals surface area contributed by atoms with Gasteiger partial charge in [-0.2, -0.15) is 12.1 Å². The number of carbonyl (C=O) groups is 1. The summed E-state index contributed by atoms with van der Waals surface area (Å²) in [4.78, 5) is 10.9. The zero-order valence-electron chi connectivity index (χ0n) is 23.2. The Morgan fingerprint density at radius 3 is 1.69 bits per heavy atom. The molecule has 0 amide bonds. The van der Waals surface area contributed by atoms with Crippen LogP contribution in [0.1, 0.15) is 91.7 Å². The van der Waals surface area contributed by atoms with E-state index >= 15 is 0 Å². The third-order valence-electron chi connectivity index (χ3n) is 6.03. The minimum atomic E-state index is -1.54. The van der Waals surface area contributed by atoms with Crippen LogP contribution in [-0.4, -0.2) is 54.6 Å². The molecule has 1 aliphatic rings. The van der Waals surface area contributed by atoms with Gasteiger partial charge in [0.05, 0.1) is 7.11 Å². The fourth-order valence-electron chi connectivity index (χ4n) is 3.73. The van der Waals surface area contributed by atoms with Gasteiger partial charge in [-0.05, 0) is 16.4 Å². The Labute approximate surface area is 229 Å². The van der Waals surface area contributed by atoms with E-state index in [4.69, 9.17) is 14.2 Å². The van der Waals surface area contributed by atoms with Crippen molar-refractivity contribution in [2.24, 2.45) is 10.8 Å². The van der Waals surface area contributed by atoms with Gasteiger partial charge < -0.3 is 25.6 Å². The Morgan fingerprint density at radius 2 is 1.33 bits per heavy atom. The van der Waals surface area contributed by atoms with Gasteiger partial charge >= 0.3 is 28.1 Å². The molecule has 1 aromatic carbocycles. The summed E-state index contributed by atoms with van der Waals surface area (Å²) in [5.41, 5.74) is 1.28. The van der Waals surface area contributed by atoms with Gasteiger partial charge in [0.25, 0.3) is 0 Å². The summed E-state index contributed by atoms with van der Waals surface area (Å²) in [5.74, 6) is -0.846. The molecule has 0 unspecified atom stereocenters. The monoisotopic (exact) mass is 684 g/mol. The molecule has 0 saturated heterocycles. The van der Waals surface area contributed by atoms with Crippen molar-refractivity contribution >= 4 is 5.97 Å². The average Bonchev–Trinajstić information content (AvgIpc) is 2.84. The predicted molar refractivity (Wildman–Crippen MR) is 141 cm³/mol. The van der Waals surface area contributed by atoms with Crippen LogP contribution in [-0.2, 0) is 31.6 Å². The van der Waals surface area contributed by atoms with E-state index in [1.807, 2.05) is 0 Å². The predicted octanol–water partition coefficient (Wildman–Crippen LogP) is 6.05. The van der Waals surface area contributed by atoms with Gasteiger partial charge in [-0.3, -0.25) is 0 Å². The van der Waals surface area contributed by atoms with Gasteiger partial charge in [0.15, 0.2) is 6.10 Å². The van der Waals surface area contributed by atoms with Crippen molar-refractivity contribution in [3.05, 3.63) is 46.5 Å². The number of ether oxygens (including phenoxy) is 1. The van der Waals surface area contributed by atoms with Crippen molar-refractivity contribution in [3.8, 4) is 0 Å². The Kier molecular flexibility index (Phi) is 17.7. The van der Waals surface area contributed by atoms with Gasteiger partial charge in [0, 0.05) is 0 Å². The Morgan fingerprint density at radius 1 is 0.917 bits per heavy atom. The van der Waals surface area contributed by atoms with E-state index in [9.17, 15) is 15.0 Å². The summed E-state index contributed by atoms with van der Waals surface area (Å²) in [7, 11) is 1.16. The van der Waals surface area contributed by atoms with Crippen molar-refractivity contribution in [1.29, 1.82) is 0 Å². The summed E-state index contributed by atoms with van der Waals surface area (Å²) < 4.78 is 12.6. The van der Waals surface area contributed by atoms with Gasteiger partial charge in [0.2, 0.25) is 0 Å². The SMILES string of the molecule is CC(C)(C)CC[N-][C@@H]1CCCC[C@H]1[N-]CCC(C)(C)C.COC(=O)[C@H](O)[C@H](O)c1ccccc1.[O]=[Os]. The van der Waals surface area contributed by atoms with Crippen LogP contribution >= 0.6 is 0 Å². The molecule has 2 N–H and O–H groups in total. The third kappa shape index (κ3) is 15.9. The number of aliphatic hydroxyl groups is 2. The zero-order valence-corrected chi connectivity index (χ0v) is 25.8. The van der Waals surface area contributed by atoms with Crippen LogP contribution in [0.3, 0.4) is 0 Å². The standard InChI is InChI=1S/C18H36N2.C10H12O4.O.Os/c1-17(2,3)11-13-19-15-9-7-8-10-16(15)20-14-12-18(4,5)6;1-14-10(13)9(12)8(11)7-5-3-2-4-6-7;;/h15-16H,7-14H2,1-6H3;2-6,8-9,11-12H,1H3;;/q-2;;;/t15-,16-;8-,9-;;/m11../s1. The van der Waals surface area contributed by atoms with Gasteiger partial charge in [-0.1, -0.05) is 110 Å². The molecule has 0 aliphatic heterocycles. The van der Waals surface area contributed by atoms with Crippen LogP contribution in [0, 0.1) is 10.8 Å². The maximum absolute atomic E-state index is 10.9. The van der Waals surface area contributed by atoms with Crippen LogP contribution in [0.5, 0.6) is 0 Å². The molecule has 0 heterocycles. The van der Waals surface area contributed by atoms with E-state index in [2.05, 4.69) is 46.3 Å². The molecule has 4 atom stereocenters. The number of nitrogens with zero attached hydrogens (tertiary/aromatic N) is 2. The van der Waals surface area contributed by atoms with E-state index < -0.39 is 18.2 Å². The Bertz CT molecular complexity index is 678. The first-order chi connectivity index (χ1) is 16.8. The van der Waals surface area contributed by atoms with E-state index in [1.165, 1.54) is 38.5 Å². The second-order valence-electron chi connectivity index (χ2n) is 11.7. The molecule has 1 saturated carbocycles. The number of esters is 1. The van der Waals surface area contributed by atoms with Crippen molar-refractivity contribution in [3.63, 3.8) is 0 Å². The molecule has 1 aromatic rings. The average molecular weight is 683 g/mol. The summed E-state index contributed by atoms with van der Waals surface area (Å²) in [6.45, 7) is 15.8. The molecule has 7 nitrogen and oxygen atoms in total. The fourth-order valence-corrected chi connectivity index (χ4v) is 3.73. The molecule has 8 heteroatoms. The van der Waals surface area contributed by atoms with E-state index in [1.54, 1.807) is 30.3 Å². The molecule has 36 heavy (non-hydrogen) atoms. The van der Waals surface area contributed by atoms with Gasteiger partial charge in [-0.15, -0.1) is 13.1 Å². The first-order valence-electron chi connectivity index (χ1n) is 12.8. The molecular formula is C28H48N2O5Os-2. The first kappa shape index (κ1) is 35.0. The van der Waals surface area contributed by atoms with Crippen molar-refractivity contribution < 1.29 is 41.8 Å². The van der Waals surface area contributed by atoms with Crippen molar-refractivity contribution in [2.45, 2.75) is 104 Å². The Balaban J connectivity index is 0.000000671. The zero-order chi connectivity index (χ0) is 27.8. The number of aliphatic hydroxyl groups excluding tert-OH is 2. The summed E-state index contributed by atoms with van der Waals surface area (Å²) in [5, 5.41) is 28.8. The number of benzene rings is 1. The van der Waals surface area contributed by atoms with E-state index in [0.29, 0.717) is 47.0 Å². The number of hydrogen-bond acceptors (Lipinski definition) is 5. The summed E-state index contributed by atoms with van der Waals surface area (Å²) in [6, 6.07) is 9.46. The van der Waals surface area contributed by atoms with Crippen LogP contribution in [0.15, 0.2) is 30.3 Å². The second-order valence-corrected chi connectivity index (χ2v) is 11.7. The quantitative estimate of drug-likeness (QED) is 0.308. The molecule has 1 fully saturated rings. The molecule has 1 aliphatic carbocycles. The number of rotatable bonds is 9. The maximum atomic E-state index is 10.9. The van der Waals surface area contributed by atoms with Crippen LogP contribution in [0.25, 0.3) is 10.6 Å². The van der Waals surface area contributed by atoms with Crippen LogP contribution < -0.4 is 0 Å². The first-order valence-corrected chi connectivity index (χ1v) is 13.8. The molecule has 0 radical (unpaired) electrons. The van der Waals surface area contributed by atoms with Crippen LogP contribution in [0.2, 0.25) is 0 Å². The molecule has 0 bridgehead atoms. The second kappa shape index (κ2) is 18.3. The molecular weight excluding hydrogens is 635 g/mol. The number of methoxy groups -OCH3 is 1. The summed E-state index contributed by atoms with van der Waals surface area (Å²) in [6.07, 6.45) is 4.80. The fraction of sp³-hybridized carbons (Fsp3) is 0.750. The Hall–Kier alpha value is -1.03. The van der Waals surface area contributed by atoms with Crippen molar-refractivity contribution in [1.82, 2.24) is 0 Å². The molecule has 210 valence electrons. The molecule has 2 rings (SSSR count).